The highest BCUT2D eigenvalue weighted by Gasteiger charge is 2.21. The summed E-state index contributed by atoms with van der Waals surface area (Å²) in [4.78, 5) is 14.2. The second-order valence-corrected chi connectivity index (χ2v) is 6.76. The monoisotopic (exact) mass is 406 g/mol. The van der Waals surface area contributed by atoms with E-state index >= 15 is 0 Å². The Morgan fingerprint density at radius 2 is 2.00 bits per heavy atom. The fourth-order valence-electron chi connectivity index (χ4n) is 2.23. The van der Waals surface area contributed by atoms with Crippen molar-refractivity contribution in [3.8, 4) is 11.5 Å². The molecule has 1 aliphatic heterocycles. The molecule has 7 heteroatoms. The van der Waals surface area contributed by atoms with Gasteiger partial charge >= 0.3 is 0 Å². The van der Waals surface area contributed by atoms with Gasteiger partial charge in [0, 0.05) is 25.2 Å². The van der Waals surface area contributed by atoms with Crippen LogP contribution in [-0.4, -0.2) is 43.7 Å². The van der Waals surface area contributed by atoms with E-state index in [9.17, 15) is 4.79 Å². The summed E-state index contributed by atoms with van der Waals surface area (Å²) in [6.07, 6.45) is 0.783. The van der Waals surface area contributed by atoms with Crippen LogP contribution in [0.5, 0.6) is 11.5 Å². The van der Waals surface area contributed by atoms with Crippen molar-refractivity contribution in [1.82, 2.24) is 4.90 Å². The van der Waals surface area contributed by atoms with Crippen LogP contribution in [0.1, 0.15) is 30.6 Å². The Morgan fingerprint density at radius 3 is 2.65 bits per heavy atom. The van der Waals surface area contributed by atoms with E-state index in [0.717, 1.165) is 10.9 Å². The van der Waals surface area contributed by atoms with E-state index in [0.29, 0.717) is 42.7 Å². The third-order valence-corrected chi connectivity index (χ3v) is 4.43. The SMILES string of the molecule is CC(C)C(N)CCN(C)C(=O)c1cc(Br)c2c(c1)OCCO2.Cl. The van der Waals surface area contributed by atoms with Crippen LogP contribution < -0.4 is 15.2 Å². The maximum absolute atomic E-state index is 12.5. The molecular formula is C16H24BrClN2O3. The largest absolute Gasteiger partial charge is 0.486 e. The number of hydrogen-bond donors (Lipinski definition) is 1. The molecule has 1 unspecified atom stereocenters. The Hall–Kier alpha value is -0.980. The molecule has 1 heterocycles. The molecule has 5 nitrogen and oxygen atoms in total. The second-order valence-electron chi connectivity index (χ2n) is 5.91. The van der Waals surface area contributed by atoms with Gasteiger partial charge in [0.1, 0.15) is 13.2 Å². The van der Waals surface area contributed by atoms with E-state index in [1.54, 1.807) is 24.1 Å². The van der Waals surface area contributed by atoms with E-state index in [1.807, 2.05) is 0 Å². The molecule has 0 radical (unpaired) electrons. The Labute approximate surface area is 152 Å². The van der Waals surface area contributed by atoms with Crippen LogP contribution in [0.2, 0.25) is 0 Å². The number of nitrogens with two attached hydrogens (primary N) is 1. The van der Waals surface area contributed by atoms with Crippen molar-refractivity contribution in [3.63, 3.8) is 0 Å². The van der Waals surface area contributed by atoms with Gasteiger partial charge in [-0.1, -0.05) is 13.8 Å². The number of fused-ring (bicyclic) bond motifs is 1. The Morgan fingerprint density at radius 1 is 1.35 bits per heavy atom. The van der Waals surface area contributed by atoms with Crippen LogP contribution >= 0.6 is 28.3 Å². The molecule has 0 saturated carbocycles. The maximum Gasteiger partial charge on any atom is 0.253 e. The molecule has 1 aliphatic rings. The van der Waals surface area contributed by atoms with E-state index in [-0.39, 0.29) is 24.4 Å². The maximum atomic E-state index is 12.5. The first kappa shape index (κ1) is 20.1. The lowest BCUT2D eigenvalue weighted by atomic mass is 10.0. The average Bonchev–Trinajstić information content (AvgIpc) is 2.51. The Balaban J connectivity index is 0.00000264. The molecule has 0 saturated heterocycles. The molecule has 0 spiro atoms. The smallest absolute Gasteiger partial charge is 0.253 e. The summed E-state index contributed by atoms with van der Waals surface area (Å²) in [5.74, 6) is 1.63. The molecule has 1 amide bonds. The first-order valence-corrected chi connectivity index (χ1v) is 8.29. The molecular weight excluding hydrogens is 384 g/mol. The van der Waals surface area contributed by atoms with Crippen LogP contribution in [0, 0.1) is 5.92 Å². The van der Waals surface area contributed by atoms with Gasteiger partial charge in [-0.2, -0.15) is 0 Å². The quantitative estimate of drug-likeness (QED) is 0.814. The molecule has 0 fully saturated rings. The Kier molecular flexibility index (Phi) is 7.64. The molecule has 1 atom stereocenters. The number of ether oxygens (including phenoxy) is 2. The van der Waals surface area contributed by atoms with E-state index < -0.39 is 0 Å². The van der Waals surface area contributed by atoms with Gasteiger partial charge in [-0.15, -0.1) is 12.4 Å². The van der Waals surface area contributed by atoms with Crippen LogP contribution in [0.3, 0.4) is 0 Å². The lowest BCUT2D eigenvalue weighted by Crippen LogP contribution is -2.34. The first-order valence-electron chi connectivity index (χ1n) is 7.50. The van der Waals surface area contributed by atoms with Crippen molar-refractivity contribution in [2.24, 2.45) is 11.7 Å². The van der Waals surface area contributed by atoms with Crippen LogP contribution in [-0.2, 0) is 0 Å². The average molecular weight is 408 g/mol. The molecule has 2 rings (SSSR count). The number of benzene rings is 1. The molecule has 1 aromatic rings. The third kappa shape index (κ3) is 4.99. The molecule has 2 N–H and O–H groups in total. The number of rotatable bonds is 5. The predicted octanol–water partition coefficient (Wildman–Crippen LogP) is 3.09. The molecule has 0 bridgehead atoms. The zero-order valence-electron chi connectivity index (χ0n) is 13.7. The molecule has 23 heavy (non-hydrogen) atoms. The molecule has 0 aromatic heterocycles. The lowest BCUT2D eigenvalue weighted by molar-refractivity contribution is 0.0788. The summed E-state index contributed by atoms with van der Waals surface area (Å²) in [6, 6.07) is 3.61. The van der Waals surface area contributed by atoms with Gasteiger partial charge < -0.3 is 20.1 Å². The van der Waals surface area contributed by atoms with Crippen molar-refractivity contribution in [2.45, 2.75) is 26.3 Å². The van der Waals surface area contributed by atoms with Crippen LogP contribution in [0.4, 0.5) is 0 Å². The van der Waals surface area contributed by atoms with Gasteiger partial charge in [-0.25, -0.2) is 0 Å². The summed E-state index contributed by atoms with van der Waals surface area (Å²) >= 11 is 3.44. The first-order chi connectivity index (χ1) is 10.4. The van der Waals surface area contributed by atoms with Gasteiger partial charge in [0.15, 0.2) is 11.5 Å². The number of amides is 1. The minimum absolute atomic E-state index is 0. The summed E-state index contributed by atoms with van der Waals surface area (Å²) in [6.45, 7) is 5.82. The normalized spacial score (nSPS) is 14.2. The highest BCUT2D eigenvalue weighted by molar-refractivity contribution is 9.10. The lowest BCUT2D eigenvalue weighted by Gasteiger charge is -2.23. The summed E-state index contributed by atoms with van der Waals surface area (Å²) in [5.41, 5.74) is 6.62. The summed E-state index contributed by atoms with van der Waals surface area (Å²) < 4.78 is 11.8. The Bertz CT molecular complexity index is 554. The summed E-state index contributed by atoms with van der Waals surface area (Å²) in [7, 11) is 1.79. The molecule has 0 aliphatic carbocycles. The van der Waals surface area contributed by atoms with E-state index in [4.69, 9.17) is 15.2 Å². The third-order valence-electron chi connectivity index (χ3n) is 3.84. The number of halogens is 2. The number of carbonyl (C=O) groups is 1. The zero-order chi connectivity index (χ0) is 16.3. The van der Waals surface area contributed by atoms with Crippen molar-refractivity contribution in [1.29, 1.82) is 0 Å². The zero-order valence-corrected chi connectivity index (χ0v) is 16.1. The van der Waals surface area contributed by atoms with Crippen LogP contribution in [0.15, 0.2) is 16.6 Å². The highest BCUT2D eigenvalue weighted by atomic mass is 79.9. The van der Waals surface area contributed by atoms with E-state index in [2.05, 4.69) is 29.8 Å². The number of carbonyl (C=O) groups excluding carboxylic acids is 1. The van der Waals surface area contributed by atoms with Gasteiger partial charge in [-0.3, -0.25) is 4.79 Å². The number of nitrogens with zero attached hydrogens (tertiary/aromatic N) is 1. The standard InChI is InChI=1S/C16H23BrN2O3.ClH/c1-10(2)13(18)4-5-19(3)16(20)11-8-12(17)15-14(9-11)21-6-7-22-15;/h8-10,13H,4-7,18H2,1-3H3;1H. The molecule has 130 valence electrons. The van der Waals surface area contributed by atoms with Crippen molar-refractivity contribution < 1.29 is 14.3 Å². The van der Waals surface area contributed by atoms with Crippen LogP contribution in [0.25, 0.3) is 0 Å². The fourth-order valence-corrected chi connectivity index (χ4v) is 2.79. The minimum Gasteiger partial charge on any atom is -0.486 e. The topological polar surface area (TPSA) is 64.8 Å². The van der Waals surface area contributed by atoms with Gasteiger partial charge in [0.25, 0.3) is 5.91 Å². The van der Waals surface area contributed by atoms with E-state index in [1.165, 1.54) is 0 Å². The molecule has 1 aromatic carbocycles. The minimum atomic E-state index is -0.0476. The van der Waals surface area contributed by atoms with Gasteiger partial charge in [0.05, 0.1) is 4.47 Å². The summed E-state index contributed by atoms with van der Waals surface area (Å²) in [5, 5.41) is 0. The fraction of sp³-hybridized carbons (Fsp3) is 0.562. The highest BCUT2D eigenvalue weighted by Crippen LogP contribution is 2.38. The predicted molar refractivity (Wildman–Crippen MR) is 96.8 cm³/mol. The van der Waals surface area contributed by atoms with Gasteiger partial charge in [0.2, 0.25) is 0 Å². The van der Waals surface area contributed by atoms with Crippen molar-refractivity contribution in [2.75, 3.05) is 26.8 Å². The van der Waals surface area contributed by atoms with Gasteiger partial charge in [-0.05, 0) is 40.4 Å². The second kappa shape index (κ2) is 8.76. The number of hydrogen-bond acceptors (Lipinski definition) is 4. The van der Waals surface area contributed by atoms with Crippen molar-refractivity contribution >= 4 is 34.2 Å². The van der Waals surface area contributed by atoms with Crippen molar-refractivity contribution in [3.05, 3.63) is 22.2 Å².